The normalized spacial score (nSPS) is 17.0. The zero-order valence-electron chi connectivity index (χ0n) is 7.52. The van der Waals surface area contributed by atoms with Crippen LogP contribution >= 0.6 is 0 Å². The Bertz CT molecular complexity index is 85.5. The molecule has 0 saturated heterocycles. The topological polar surface area (TPSA) is 3.24 Å². The minimum Gasteiger partial charge on any atom is -0.358 e. The predicted octanol–water partition coefficient (Wildman–Crippen LogP) is -0.716. The van der Waals surface area contributed by atoms with Crippen molar-refractivity contribution in [3.8, 4) is 0 Å². The molecule has 9 heavy (non-hydrogen) atoms. The Morgan fingerprint density at radius 2 is 1.56 bits per heavy atom. The maximum atomic E-state index is 2.53. The molecular formula is C6H19NSi2. The number of hydrogen-bond acceptors (Lipinski definition) is 1. The highest BCUT2D eigenvalue weighted by molar-refractivity contribution is 6.25. The maximum Gasteiger partial charge on any atom is 0.0700 e. The second-order valence-electron chi connectivity index (χ2n) is 4.01. The van der Waals surface area contributed by atoms with E-state index in [9.17, 15) is 0 Å². The molecule has 0 amide bonds. The molecular weight excluding hydrogens is 142 g/mol. The zero-order chi connectivity index (χ0) is 7.65. The fourth-order valence-electron chi connectivity index (χ4n) is 0.775. The Morgan fingerprint density at radius 3 is 1.56 bits per heavy atom. The van der Waals surface area contributed by atoms with E-state index in [0.29, 0.717) is 5.41 Å². The molecule has 0 saturated carbocycles. The molecule has 56 valence electrons. The van der Waals surface area contributed by atoms with E-state index in [2.05, 4.69) is 31.9 Å². The highest BCUT2D eigenvalue weighted by Crippen LogP contribution is 2.20. The summed E-state index contributed by atoms with van der Waals surface area (Å²) in [4.78, 5) is 0. The van der Waals surface area contributed by atoms with Gasteiger partial charge in [-0.1, -0.05) is 27.7 Å². The van der Waals surface area contributed by atoms with Crippen molar-refractivity contribution in [1.29, 1.82) is 0 Å². The van der Waals surface area contributed by atoms with Gasteiger partial charge in [0.05, 0.1) is 20.8 Å². The molecule has 0 aliphatic carbocycles. The van der Waals surface area contributed by atoms with Crippen LogP contribution in [0.15, 0.2) is 0 Å². The van der Waals surface area contributed by atoms with Crippen molar-refractivity contribution in [3.63, 3.8) is 0 Å². The molecule has 0 aromatic heterocycles. The van der Waals surface area contributed by atoms with E-state index in [1.165, 1.54) is 20.8 Å². The summed E-state index contributed by atoms with van der Waals surface area (Å²) in [5.74, 6) is 0. The molecule has 0 aliphatic heterocycles. The van der Waals surface area contributed by atoms with Gasteiger partial charge in [-0.15, -0.1) is 0 Å². The van der Waals surface area contributed by atoms with Gasteiger partial charge in [-0.2, -0.15) is 0 Å². The first kappa shape index (κ1) is 9.39. The molecule has 0 rings (SSSR count). The van der Waals surface area contributed by atoms with Crippen LogP contribution in [0.4, 0.5) is 0 Å². The van der Waals surface area contributed by atoms with E-state index in [1.807, 2.05) is 0 Å². The molecule has 1 atom stereocenters. The van der Waals surface area contributed by atoms with Gasteiger partial charge in [0.25, 0.3) is 0 Å². The van der Waals surface area contributed by atoms with Crippen molar-refractivity contribution < 1.29 is 0 Å². The quantitative estimate of drug-likeness (QED) is 0.459. The molecule has 0 bridgehead atoms. The van der Waals surface area contributed by atoms with E-state index in [4.69, 9.17) is 0 Å². The Labute approximate surface area is 64.8 Å². The van der Waals surface area contributed by atoms with Crippen molar-refractivity contribution in [3.05, 3.63) is 0 Å². The van der Waals surface area contributed by atoms with Gasteiger partial charge in [0, 0.05) is 0 Å². The van der Waals surface area contributed by atoms with Gasteiger partial charge in [0.1, 0.15) is 0 Å². The Hall–Kier alpha value is 0.394. The van der Waals surface area contributed by atoms with Gasteiger partial charge < -0.3 is 4.23 Å². The number of hydrogen-bond donors (Lipinski definition) is 0. The van der Waals surface area contributed by atoms with E-state index in [-0.39, 0.29) is 0 Å². The van der Waals surface area contributed by atoms with Crippen LogP contribution in [-0.2, 0) is 0 Å². The fraction of sp³-hybridized carbons (Fsp3) is 1.00. The van der Waals surface area contributed by atoms with Crippen LogP contribution in [0.1, 0.15) is 27.7 Å². The molecule has 0 radical (unpaired) electrons. The minimum atomic E-state index is 0.476. The molecule has 0 aliphatic rings. The molecule has 1 unspecified atom stereocenters. The van der Waals surface area contributed by atoms with Crippen LogP contribution in [-0.4, -0.2) is 31.1 Å². The fourth-order valence-corrected chi connectivity index (χ4v) is 2.32. The molecule has 0 aromatic carbocycles. The summed E-state index contributed by atoms with van der Waals surface area (Å²) in [6, 6.07) is 0.774. The van der Waals surface area contributed by atoms with Crippen molar-refractivity contribution >= 4 is 20.8 Å². The van der Waals surface area contributed by atoms with E-state index in [1.54, 1.807) is 0 Å². The van der Waals surface area contributed by atoms with Crippen LogP contribution in [0.5, 0.6) is 0 Å². The average molecular weight is 161 g/mol. The van der Waals surface area contributed by atoms with Gasteiger partial charge in [-0.25, -0.2) is 0 Å². The van der Waals surface area contributed by atoms with Crippen molar-refractivity contribution in [2.45, 2.75) is 33.7 Å². The highest BCUT2D eigenvalue weighted by Gasteiger charge is 2.20. The summed E-state index contributed by atoms with van der Waals surface area (Å²) in [5.41, 5.74) is 0.476. The molecule has 0 spiro atoms. The molecule has 0 N–H and O–H groups in total. The second-order valence-corrected chi connectivity index (χ2v) is 8.62. The zero-order valence-corrected chi connectivity index (χ0v) is 11.5. The smallest absolute Gasteiger partial charge is 0.0700 e. The van der Waals surface area contributed by atoms with Gasteiger partial charge in [0.2, 0.25) is 0 Å². The predicted molar refractivity (Wildman–Crippen MR) is 50.6 cm³/mol. The number of rotatable bonds is 1. The van der Waals surface area contributed by atoms with Gasteiger partial charge in [-0.05, 0) is 11.5 Å². The van der Waals surface area contributed by atoms with Crippen molar-refractivity contribution in [2.24, 2.45) is 5.41 Å². The van der Waals surface area contributed by atoms with Gasteiger partial charge >= 0.3 is 0 Å². The lowest BCUT2D eigenvalue weighted by atomic mass is 9.89. The summed E-state index contributed by atoms with van der Waals surface area (Å²) in [7, 11) is 2.46. The second kappa shape index (κ2) is 2.99. The van der Waals surface area contributed by atoms with Crippen LogP contribution in [0.3, 0.4) is 0 Å². The third-order valence-corrected chi connectivity index (χ3v) is 3.58. The highest BCUT2D eigenvalue weighted by atomic mass is 28.2. The molecule has 0 aromatic rings. The summed E-state index contributed by atoms with van der Waals surface area (Å²) >= 11 is 0. The minimum absolute atomic E-state index is 0.476. The van der Waals surface area contributed by atoms with Crippen LogP contribution in [0.25, 0.3) is 0 Å². The van der Waals surface area contributed by atoms with Crippen LogP contribution in [0, 0.1) is 5.41 Å². The van der Waals surface area contributed by atoms with Crippen LogP contribution in [0.2, 0.25) is 0 Å². The van der Waals surface area contributed by atoms with Crippen LogP contribution < -0.4 is 0 Å². The first-order chi connectivity index (χ1) is 3.85. The molecule has 1 nitrogen and oxygen atoms in total. The Kier molecular flexibility index (Phi) is 3.12. The molecule has 0 fully saturated rings. The lowest BCUT2D eigenvalue weighted by Crippen LogP contribution is -2.38. The van der Waals surface area contributed by atoms with Crippen molar-refractivity contribution in [2.75, 3.05) is 0 Å². The Balaban J connectivity index is 3.88. The maximum absolute atomic E-state index is 2.53. The summed E-state index contributed by atoms with van der Waals surface area (Å²) < 4.78 is 2.53. The first-order valence-electron chi connectivity index (χ1n) is 3.52. The average Bonchev–Trinajstić information content (AvgIpc) is 1.62. The van der Waals surface area contributed by atoms with Gasteiger partial charge in [-0.3, -0.25) is 0 Å². The Morgan fingerprint density at radius 1 is 1.22 bits per heavy atom. The standard InChI is InChI=1S/C6H19NSi2/c1-5(7(8)9)6(2,3)4/h5H,1-4,8-9H3. The third kappa shape index (κ3) is 3.18. The molecule has 0 heterocycles. The molecule has 3 heteroatoms. The van der Waals surface area contributed by atoms with Crippen molar-refractivity contribution in [1.82, 2.24) is 4.23 Å². The lowest BCUT2D eigenvalue weighted by molar-refractivity contribution is 0.262. The monoisotopic (exact) mass is 161 g/mol. The number of nitrogens with zero attached hydrogens (tertiary/aromatic N) is 1. The largest absolute Gasteiger partial charge is 0.358 e. The third-order valence-electron chi connectivity index (χ3n) is 2.03. The summed E-state index contributed by atoms with van der Waals surface area (Å²) in [6.07, 6.45) is 0. The summed E-state index contributed by atoms with van der Waals surface area (Å²) in [6.45, 7) is 9.24. The lowest BCUT2D eigenvalue weighted by Gasteiger charge is -2.33. The van der Waals surface area contributed by atoms with E-state index < -0.39 is 0 Å². The van der Waals surface area contributed by atoms with E-state index in [0.717, 1.165) is 6.04 Å². The van der Waals surface area contributed by atoms with Gasteiger partial charge in [0.15, 0.2) is 0 Å². The van der Waals surface area contributed by atoms with E-state index >= 15 is 0 Å². The first-order valence-corrected chi connectivity index (χ1v) is 5.31. The summed E-state index contributed by atoms with van der Waals surface area (Å²) in [5, 5.41) is 0. The SMILES string of the molecule is CC(N([SiH3])[SiH3])C(C)(C)C.